The number of aryl methyl sites for hydroxylation is 1. The summed E-state index contributed by atoms with van der Waals surface area (Å²) in [5.41, 5.74) is 2.91. The van der Waals surface area contributed by atoms with Crippen molar-refractivity contribution in [1.82, 2.24) is 24.5 Å². The number of benzene rings is 1. The summed E-state index contributed by atoms with van der Waals surface area (Å²) in [5.74, 6) is 2.42. The number of aromatic nitrogens is 4. The lowest BCUT2D eigenvalue weighted by atomic mass is 9.70. The summed E-state index contributed by atoms with van der Waals surface area (Å²) in [6, 6.07) is 7.32. The zero-order valence-corrected chi connectivity index (χ0v) is 22.0. The maximum absolute atomic E-state index is 13.2. The number of hydrogen-bond donors (Lipinski definition) is 1. The monoisotopic (exact) mass is 477 g/mol. The van der Waals surface area contributed by atoms with Gasteiger partial charge in [0.15, 0.2) is 11.3 Å². The van der Waals surface area contributed by atoms with E-state index in [9.17, 15) is 9.59 Å². The van der Waals surface area contributed by atoms with Gasteiger partial charge in [-0.25, -0.2) is 9.50 Å². The van der Waals surface area contributed by atoms with Crippen LogP contribution in [0, 0.1) is 11.3 Å². The van der Waals surface area contributed by atoms with Gasteiger partial charge in [-0.3, -0.25) is 9.59 Å². The third-order valence-corrected chi connectivity index (χ3v) is 7.71. The van der Waals surface area contributed by atoms with Crippen molar-refractivity contribution in [3.8, 4) is 11.4 Å². The summed E-state index contributed by atoms with van der Waals surface area (Å²) in [6.07, 6.45) is 5.16. The highest BCUT2D eigenvalue weighted by molar-refractivity contribution is 5.94. The number of hydrogen-bond acceptors (Lipinski definition) is 4. The molecule has 1 N–H and O–H groups in total. The molecule has 0 radical (unpaired) electrons. The molecule has 1 aliphatic rings. The second kappa shape index (κ2) is 9.96. The third kappa shape index (κ3) is 4.91. The van der Waals surface area contributed by atoms with Crippen molar-refractivity contribution in [2.45, 2.75) is 79.6 Å². The highest BCUT2D eigenvalue weighted by Gasteiger charge is 2.32. The van der Waals surface area contributed by atoms with Crippen molar-refractivity contribution in [3.63, 3.8) is 0 Å². The molecule has 1 aliphatic carbocycles. The number of amides is 1. The van der Waals surface area contributed by atoms with E-state index in [0.29, 0.717) is 53.7 Å². The molecular weight excluding hydrogens is 438 g/mol. The molecule has 7 nitrogen and oxygen atoms in total. The Morgan fingerprint density at radius 1 is 1.06 bits per heavy atom. The predicted molar refractivity (Wildman–Crippen MR) is 140 cm³/mol. The van der Waals surface area contributed by atoms with Crippen LogP contribution < -0.4 is 5.56 Å². The smallest absolute Gasteiger partial charge is 0.277 e. The molecule has 1 aromatic carbocycles. The van der Waals surface area contributed by atoms with E-state index in [-0.39, 0.29) is 11.5 Å². The molecule has 0 bridgehead atoms. The Morgan fingerprint density at radius 2 is 1.69 bits per heavy atom. The lowest BCUT2D eigenvalue weighted by molar-refractivity contribution is 0.0773. The molecule has 0 aliphatic heterocycles. The van der Waals surface area contributed by atoms with Crippen molar-refractivity contribution < 1.29 is 4.79 Å². The van der Waals surface area contributed by atoms with Gasteiger partial charge < -0.3 is 9.88 Å². The van der Waals surface area contributed by atoms with E-state index in [1.54, 1.807) is 21.5 Å². The molecule has 4 rings (SSSR count). The van der Waals surface area contributed by atoms with Gasteiger partial charge in [-0.2, -0.15) is 0 Å². The van der Waals surface area contributed by atoms with Crippen LogP contribution in [0.15, 0.2) is 29.1 Å². The molecule has 35 heavy (non-hydrogen) atoms. The van der Waals surface area contributed by atoms with Crippen LogP contribution in [0.3, 0.4) is 0 Å². The molecule has 2 heterocycles. The summed E-state index contributed by atoms with van der Waals surface area (Å²) < 4.78 is 1.80. The lowest BCUT2D eigenvalue weighted by Crippen LogP contribution is -2.30. The molecule has 0 atom stereocenters. The molecule has 0 spiro atoms. The third-order valence-electron chi connectivity index (χ3n) is 7.71. The molecule has 0 unspecified atom stereocenters. The maximum Gasteiger partial charge on any atom is 0.277 e. The Balaban J connectivity index is 1.69. The van der Waals surface area contributed by atoms with E-state index < -0.39 is 0 Å². The van der Waals surface area contributed by atoms with Crippen LogP contribution in [-0.4, -0.2) is 43.5 Å². The molecule has 1 fully saturated rings. The van der Waals surface area contributed by atoms with Crippen LogP contribution in [0.2, 0.25) is 0 Å². The highest BCUT2D eigenvalue weighted by atomic mass is 16.2. The van der Waals surface area contributed by atoms with E-state index in [2.05, 4.69) is 25.8 Å². The Kier molecular flexibility index (Phi) is 7.15. The largest absolute Gasteiger partial charge is 0.339 e. The fourth-order valence-corrected chi connectivity index (χ4v) is 5.42. The summed E-state index contributed by atoms with van der Waals surface area (Å²) in [4.78, 5) is 35.5. The van der Waals surface area contributed by atoms with E-state index in [1.165, 1.54) is 12.8 Å². The van der Waals surface area contributed by atoms with Crippen LogP contribution in [0.5, 0.6) is 0 Å². The van der Waals surface area contributed by atoms with Gasteiger partial charge in [0.05, 0.1) is 5.69 Å². The van der Waals surface area contributed by atoms with Crippen molar-refractivity contribution in [1.29, 1.82) is 0 Å². The zero-order valence-electron chi connectivity index (χ0n) is 22.0. The van der Waals surface area contributed by atoms with Crippen molar-refractivity contribution in [2.75, 3.05) is 13.1 Å². The van der Waals surface area contributed by atoms with Gasteiger partial charge in [0.1, 0.15) is 5.82 Å². The van der Waals surface area contributed by atoms with Gasteiger partial charge in [-0.15, -0.1) is 5.10 Å². The number of imidazole rings is 1. The molecule has 3 aromatic rings. The lowest BCUT2D eigenvalue weighted by Gasteiger charge is -2.36. The van der Waals surface area contributed by atoms with Crippen molar-refractivity contribution in [2.24, 2.45) is 11.3 Å². The first kappa shape index (κ1) is 25.1. The maximum atomic E-state index is 13.2. The molecule has 188 valence electrons. The molecule has 0 saturated heterocycles. The predicted octanol–water partition coefficient (Wildman–Crippen LogP) is 5.45. The SMILES string of the molecule is CCc1nc([C@H]2CC[C@@H](C(C)(C)C)CC2)n2nc(-c3ccc(C(=O)N(CC)CC)cc3)[nH]c(=O)c12. The number of nitrogens with one attached hydrogen (secondary N) is 1. The second-order valence-corrected chi connectivity index (χ2v) is 10.8. The van der Waals surface area contributed by atoms with E-state index in [0.717, 1.165) is 29.9 Å². The van der Waals surface area contributed by atoms with Gasteiger partial charge in [-0.05, 0) is 69.4 Å². The first-order valence-corrected chi connectivity index (χ1v) is 13.1. The van der Waals surface area contributed by atoms with Gasteiger partial charge >= 0.3 is 0 Å². The summed E-state index contributed by atoms with van der Waals surface area (Å²) in [7, 11) is 0. The average Bonchev–Trinajstić information content (AvgIpc) is 3.23. The number of aromatic amines is 1. The minimum absolute atomic E-state index is 0.00815. The molecule has 1 amide bonds. The molecule has 2 aromatic heterocycles. The van der Waals surface area contributed by atoms with Gasteiger partial charge in [0.25, 0.3) is 11.5 Å². The van der Waals surface area contributed by atoms with Gasteiger partial charge in [0.2, 0.25) is 0 Å². The minimum Gasteiger partial charge on any atom is -0.339 e. The van der Waals surface area contributed by atoms with Crippen LogP contribution >= 0.6 is 0 Å². The number of nitrogens with zero attached hydrogens (tertiary/aromatic N) is 4. The fourth-order valence-electron chi connectivity index (χ4n) is 5.42. The number of carbonyl (C=O) groups is 1. The molecule has 1 saturated carbocycles. The van der Waals surface area contributed by atoms with Gasteiger partial charge in [0, 0.05) is 30.1 Å². The summed E-state index contributed by atoms with van der Waals surface area (Å²) in [6.45, 7) is 14.3. The summed E-state index contributed by atoms with van der Waals surface area (Å²) >= 11 is 0. The Bertz CT molecular complexity index is 1240. The fraction of sp³-hybridized carbons (Fsp3) is 0.571. The second-order valence-electron chi connectivity index (χ2n) is 10.8. The van der Waals surface area contributed by atoms with Crippen LogP contribution in [0.25, 0.3) is 16.9 Å². The number of carbonyl (C=O) groups excluding carboxylic acids is 1. The van der Waals surface area contributed by atoms with Crippen LogP contribution in [-0.2, 0) is 6.42 Å². The highest BCUT2D eigenvalue weighted by Crippen LogP contribution is 2.43. The normalized spacial score (nSPS) is 18.7. The average molecular weight is 478 g/mol. The van der Waals surface area contributed by atoms with Crippen molar-refractivity contribution >= 4 is 11.4 Å². The topological polar surface area (TPSA) is 83.4 Å². The Labute approximate surface area is 208 Å². The standard InChI is InChI=1S/C28H39N5O2/c1-7-22-23-26(34)30-24(18-10-12-20(13-11-18)27(35)32(8-2)9-3)31-33(23)25(29-22)19-14-16-21(17-15-19)28(4,5)6/h10-13,19,21H,7-9,14-17H2,1-6H3,(H,30,31,34)/t19-,21+. The quantitative estimate of drug-likeness (QED) is 0.512. The van der Waals surface area contributed by atoms with Crippen molar-refractivity contribution in [3.05, 3.63) is 51.7 Å². The first-order valence-electron chi connectivity index (χ1n) is 13.1. The van der Waals surface area contributed by atoms with Crippen LogP contribution in [0.4, 0.5) is 0 Å². The summed E-state index contributed by atoms with van der Waals surface area (Å²) in [5, 5.41) is 4.86. The number of fused-ring (bicyclic) bond motifs is 1. The van der Waals surface area contributed by atoms with E-state index in [1.807, 2.05) is 32.9 Å². The van der Waals surface area contributed by atoms with Crippen LogP contribution in [0.1, 0.15) is 95.0 Å². The number of rotatable bonds is 6. The molecular formula is C28H39N5O2. The van der Waals surface area contributed by atoms with E-state index >= 15 is 0 Å². The Hall–Kier alpha value is -2.96. The van der Waals surface area contributed by atoms with Gasteiger partial charge in [-0.1, -0.05) is 39.8 Å². The number of H-pyrrole nitrogens is 1. The van der Waals surface area contributed by atoms with E-state index in [4.69, 9.17) is 10.1 Å². The molecule has 7 heteroatoms. The minimum atomic E-state index is -0.169. The Morgan fingerprint density at radius 3 is 2.23 bits per heavy atom. The zero-order chi connectivity index (χ0) is 25.3. The first-order chi connectivity index (χ1) is 16.7.